The van der Waals surface area contributed by atoms with Gasteiger partial charge in [0.2, 0.25) is 0 Å². The molecule has 152 valence electrons. The number of fused-ring (bicyclic) bond motifs is 9. The number of allylic oxidation sites excluding steroid dienone is 1. The van der Waals surface area contributed by atoms with Gasteiger partial charge in [0.05, 0.1) is 12.1 Å². The molecule has 4 rings (SSSR count). The van der Waals surface area contributed by atoms with Gasteiger partial charge in [0.25, 0.3) is 5.91 Å². The molecule has 2 aromatic carbocycles. The molecule has 2 heterocycles. The number of rotatable bonds is 2. The Morgan fingerprint density at radius 3 is 2.79 bits per heavy atom. The number of aliphatic carboxylic acids is 1. The number of benzene rings is 2. The molecule has 0 unspecified atom stereocenters. The van der Waals surface area contributed by atoms with Crippen molar-refractivity contribution in [1.82, 2.24) is 5.32 Å². The van der Waals surface area contributed by atoms with Crippen molar-refractivity contribution in [2.45, 2.75) is 25.3 Å². The molecule has 0 fully saturated rings. The Morgan fingerprint density at radius 2 is 2.07 bits per heavy atom. The van der Waals surface area contributed by atoms with E-state index in [1.807, 2.05) is 12.2 Å². The maximum absolute atomic E-state index is 12.9. The Morgan fingerprint density at radius 1 is 1.24 bits per heavy atom. The van der Waals surface area contributed by atoms with Gasteiger partial charge in [-0.2, -0.15) is 0 Å². The van der Waals surface area contributed by atoms with Crippen LogP contribution in [0.25, 0.3) is 0 Å². The van der Waals surface area contributed by atoms with Gasteiger partial charge in [-0.3, -0.25) is 4.79 Å². The van der Waals surface area contributed by atoms with Gasteiger partial charge in [-0.1, -0.05) is 29.8 Å². The van der Waals surface area contributed by atoms with E-state index in [1.165, 1.54) is 0 Å². The number of carbonyl (C=O) groups is 2. The fraction of sp³-hybridized carbons (Fsp3) is 0.273. The predicted molar refractivity (Wildman–Crippen MR) is 110 cm³/mol. The van der Waals surface area contributed by atoms with Crippen LogP contribution < -0.4 is 14.8 Å². The highest BCUT2D eigenvalue weighted by atomic mass is 35.5. The highest BCUT2D eigenvalue weighted by Crippen LogP contribution is 2.26. The van der Waals surface area contributed by atoms with E-state index in [0.717, 1.165) is 5.56 Å². The summed E-state index contributed by atoms with van der Waals surface area (Å²) >= 11 is 6.25. The van der Waals surface area contributed by atoms with Crippen LogP contribution in [0.4, 0.5) is 0 Å². The maximum atomic E-state index is 12.9. The molecule has 2 aliphatic rings. The number of carbonyl (C=O) groups excluding carboxylic acids is 1. The number of nitrogens with one attached hydrogen (secondary N) is 1. The second-order valence-corrected chi connectivity index (χ2v) is 7.08. The maximum Gasteiger partial charge on any atom is 0.326 e. The number of hydrogen-bond acceptors (Lipinski definition) is 4. The van der Waals surface area contributed by atoms with Crippen LogP contribution in [-0.4, -0.2) is 36.7 Å². The van der Waals surface area contributed by atoms with Crippen LogP contribution >= 0.6 is 11.6 Å². The van der Waals surface area contributed by atoms with E-state index >= 15 is 0 Å². The van der Waals surface area contributed by atoms with Gasteiger partial charge < -0.3 is 19.9 Å². The fourth-order valence-corrected chi connectivity index (χ4v) is 3.41. The summed E-state index contributed by atoms with van der Waals surface area (Å²) in [5.74, 6) is -0.383. The molecule has 0 spiro atoms. The lowest BCUT2D eigenvalue weighted by atomic mass is 10.00. The Hall–Kier alpha value is -2.99. The van der Waals surface area contributed by atoms with Gasteiger partial charge in [0.15, 0.2) is 0 Å². The van der Waals surface area contributed by atoms with Gasteiger partial charge in [-0.25, -0.2) is 4.79 Å². The average Bonchev–Trinajstić information content (AvgIpc) is 2.70. The summed E-state index contributed by atoms with van der Waals surface area (Å²) in [6.45, 7) is 0.363. The number of methoxy groups -OCH3 is 1. The molecule has 0 aromatic heterocycles. The molecule has 2 aliphatic heterocycles. The summed E-state index contributed by atoms with van der Waals surface area (Å²) in [6.07, 6.45) is 5.26. The lowest BCUT2D eigenvalue weighted by molar-refractivity contribution is -0.139. The minimum Gasteiger partial charge on any atom is -0.497 e. The van der Waals surface area contributed by atoms with Crippen molar-refractivity contribution in [3.8, 4) is 11.5 Å². The summed E-state index contributed by atoms with van der Waals surface area (Å²) in [5, 5.41) is 12.6. The first-order valence-electron chi connectivity index (χ1n) is 9.24. The van der Waals surface area contributed by atoms with Crippen LogP contribution in [0.5, 0.6) is 11.5 Å². The normalized spacial score (nSPS) is 18.3. The van der Waals surface area contributed by atoms with E-state index < -0.39 is 17.9 Å². The van der Waals surface area contributed by atoms with Gasteiger partial charge in [-0.15, -0.1) is 0 Å². The second-order valence-electron chi connectivity index (χ2n) is 6.68. The minimum atomic E-state index is -1.12. The first-order valence-corrected chi connectivity index (χ1v) is 9.62. The van der Waals surface area contributed by atoms with E-state index in [-0.39, 0.29) is 6.42 Å². The van der Waals surface area contributed by atoms with Gasteiger partial charge >= 0.3 is 5.97 Å². The molecular weight excluding hydrogens is 394 g/mol. The Labute approximate surface area is 174 Å². The zero-order valence-corrected chi connectivity index (χ0v) is 16.7. The van der Waals surface area contributed by atoms with E-state index in [2.05, 4.69) is 5.32 Å². The average molecular weight is 416 g/mol. The summed E-state index contributed by atoms with van der Waals surface area (Å²) < 4.78 is 10.9. The molecule has 0 saturated heterocycles. The standard InChI is InChI=1S/C22H22ClNO5/c1-28-16-7-8-17-15(13-16)5-3-2-4-10-29-20-9-6-14(11-18(20)23)12-19(22(26)27)24-21(17)25/h2,4,6-9,11,13,19H,3,5,10,12H2,1H3,(H,24,25)(H,26,27)/b4-2+/t19-/m0/s1. The molecule has 7 heteroatoms. The van der Waals surface area contributed by atoms with E-state index in [0.29, 0.717) is 47.1 Å². The number of halogens is 1. The zero-order valence-electron chi connectivity index (χ0n) is 16.0. The topological polar surface area (TPSA) is 84.9 Å². The fourth-order valence-electron chi connectivity index (χ4n) is 3.15. The molecule has 0 aliphatic carbocycles. The lowest BCUT2D eigenvalue weighted by Crippen LogP contribution is -2.42. The molecule has 1 atom stereocenters. The van der Waals surface area contributed by atoms with E-state index in [9.17, 15) is 14.7 Å². The van der Waals surface area contributed by atoms with Crippen molar-refractivity contribution in [2.24, 2.45) is 0 Å². The van der Waals surface area contributed by atoms with Gasteiger partial charge in [-0.05, 0) is 54.3 Å². The van der Waals surface area contributed by atoms with Gasteiger partial charge in [0, 0.05) is 12.0 Å². The van der Waals surface area contributed by atoms with Crippen molar-refractivity contribution < 1.29 is 24.2 Å². The third kappa shape index (κ3) is 5.29. The number of amides is 1. The quantitative estimate of drug-likeness (QED) is 0.731. The highest BCUT2D eigenvalue weighted by molar-refractivity contribution is 6.32. The Bertz CT molecular complexity index is 941. The van der Waals surface area contributed by atoms with Crippen LogP contribution in [-0.2, 0) is 17.6 Å². The van der Waals surface area contributed by atoms with Crippen LogP contribution in [0.15, 0.2) is 48.6 Å². The molecule has 0 radical (unpaired) electrons. The highest BCUT2D eigenvalue weighted by Gasteiger charge is 2.23. The molecule has 6 nitrogen and oxygen atoms in total. The van der Waals surface area contributed by atoms with Crippen LogP contribution in [0.2, 0.25) is 5.02 Å². The van der Waals surface area contributed by atoms with Crippen LogP contribution in [0.1, 0.15) is 27.9 Å². The third-order valence-corrected chi connectivity index (χ3v) is 4.97. The van der Waals surface area contributed by atoms with Gasteiger partial charge in [0.1, 0.15) is 24.1 Å². The van der Waals surface area contributed by atoms with Crippen molar-refractivity contribution in [2.75, 3.05) is 13.7 Å². The first-order chi connectivity index (χ1) is 14.0. The minimum absolute atomic E-state index is 0.104. The smallest absolute Gasteiger partial charge is 0.326 e. The van der Waals surface area contributed by atoms with Crippen molar-refractivity contribution in [3.05, 3.63) is 70.3 Å². The second kappa shape index (κ2) is 9.47. The monoisotopic (exact) mass is 415 g/mol. The molecule has 2 bridgehead atoms. The molecule has 2 aromatic rings. The predicted octanol–water partition coefficient (Wildman–Crippen LogP) is 3.66. The molecule has 2 N–H and O–H groups in total. The number of aryl methyl sites for hydroxylation is 1. The van der Waals surface area contributed by atoms with Crippen molar-refractivity contribution >= 4 is 23.5 Å². The molecule has 1 amide bonds. The Balaban J connectivity index is 1.96. The third-order valence-electron chi connectivity index (χ3n) is 4.68. The molecular formula is C22H22ClNO5. The number of carboxylic acid groups (broad SMARTS) is 1. The molecule has 29 heavy (non-hydrogen) atoms. The van der Waals surface area contributed by atoms with E-state index in [1.54, 1.807) is 43.5 Å². The van der Waals surface area contributed by atoms with Crippen LogP contribution in [0, 0.1) is 0 Å². The SMILES string of the molecule is COc1ccc2c(c1)CC/C=C/COc1ccc(cc1Cl)C[C@@H](C(=O)O)NC2=O. The Kier molecular flexibility index (Phi) is 6.77. The summed E-state index contributed by atoms with van der Waals surface area (Å²) in [6, 6.07) is 9.17. The van der Waals surface area contributed by atoms with Crippen LogP contribution in [0.3, 0.4) is 0 Å². The first kappa shape index (κ1) is 20.7. The largest absolute Gasteiger partial charge is 0.497 e. The summed E-state index contributed by atoms with van der Waals surface area (Å²) in [4.78, 5) is 24.6. The lowest BCUT2D eigenvalue weighted by Gasteiger charge is -2.17. The summed E-state index contributed by atoms with van der Waals surface area (Å²) in [7, 11) is 1.56. The molecule has 0 saturated carbocycles. The number of carboxylic acids is 1. The number of ether oxygens (including phenoxy) is 2. The van der Waals surface area contributed by atoms with Crippen molar-refractivity contribution in [1.29, 1.82) is 0 Å². The van der Waals surface area contributed by atoms with Crippen molar-refractivity contribution in [3.63, 3.8) is 0 Å². The zero-order chi connectivity index (χ0) is 20.8. The summed E-state index contributed by atoms with van der Waals surface area (Å²) in [5.41, 5.74) is 1.91. The van der Waals surface area contributed by atoms with E-state index in [4.69, 9.17) is 21.1 Å². The number of hydrogen-bond donors (Lipinski definition) is 2.